The van der Waals surface area contributed by atoms with E-state index >= 15 is 0 Å². The normalized spacial score (nSPS) is 14.8. The molecule has 0 spiro atoms. The van der Waals surface area contributed by atoms with Crippen molar-refractivity contribution in [2.45, 2.75) is 19.4 Å². The number of phenols is 1. The Morgan fingerprint density at radius 3 is 2.68 bits per heavy atom. The van der Waals surface area contributed by atoms with E-state index in [1.54, 1.807) is 18.2 Å². The monoisotopic (exact) mass is 399 g/mol. The van der Waals surface area contributed by atoms with E-state index in [9.17, 15) is 9.90 Å². The second-order valence-corrected chi connectivity index (χ2v) is 7.18. The summed E-state index contributed by atoms with van der Waals surface area (Å²) >= 11 is 3.54. The van der Waals surface area contributed by atoms with Crippen LogP contribution >= 0.6 is 15.9 Å². The van der Waals surface area contributed by atoms with Crippen LogP contribution < -0.4 is 10.1 Å². The van der Waals surface area contributed by atoms with Gasteiger partial charge in [-0.25, -0.2) is 0 Å². The highest BCUT2D eigenvalue weighted by molar-refractivity contribution is 9.10. The molecule has 2 aromatic carbocycles. The van der Waals surface area contributed by atoms with Gasteiger partial charge in [-0.05, 0) is 83.9 Å². The number of hydrogen-bond acceptors (Lipinski definition) is 3. The van der Waals surface area contributed by atoms with Crippen molar-refractivity contribution in [2.75, 3.05) is 5.32 Å². The Hall–Kier alpha value is -2.53. The fourth-order valence-corrected chi connectivity index (χ4v) is 3.03. The summed E-state index contributed by atoms with van der Waals surface area (Å²) in [4.78, 5) is 12.0. The van der Waals surface area contributed by atoms with Crippen molar-refractivity contribution in [3.8, 4) is 11.5 Å². The number of aromatic hydroxyl groups is 1. The molecule has 1 amide bonds. The third kappa shape index (κ3) is 4.31. The third-order valence-electron chi connectivity index (χ3n) is 3.69. The lowest BCUT2D eigenvalue weighted by Gasteiger charge is -2.28. The Balaban J connectivity index is 1.74. The number of hydrogen-bond donors (Lipinski definition) is 2. The number of rotatable bonds is 3. The maximum Gasteiger partial charge on any atom is 0.248 e. The largest absolute Gasteiger partial charge is 0.508 e. The summed E-state index contributed by atoms with van der Waals surface area (Å²) in [6, 6.07) is 10.2. The molecule has 0 fully saturated rings. The molecule has 1 aliphatic heterocycles. The summed E-state index contributed by atoms with van der Waals surface area (Å²) in [5, 5.41) is 12.0. The van der Waals surface area contributed by atoms with Crippen LogP contribution in [0.25, 0.3) is 12.2 Å². The fourth-order valence-electron chi connectivity index (χ4n) is 2.45. The topological polar surface area (TPSA) is 58.6 Å². The van der Waals surface area contributed by atoms with Crippen molar-refractivity contribution in [1.82, 2.24) is 0 Å². The second-order valence-electron chi connectivity index (χ2n) is 6.33. The quantitative estimate of drug-likeness (QED) is 0.564. The molecule has 128 valence electrons. The van der Waals surface area contributed by atoms with E-state index < -0.39 is 0 Å². The summed E-state index contributed by atoms with van der Waals surface area (Å²) in [6.07, 6.45) is 7.25. The molecule has 4 nitrogen and oxygen atoms in total. The molecular formula is C20H18BrNO3. The summed E-state index contributed by atoms with van der Waals surface area (Å²) in [7, 11) is 0. The summed E-state index contributed by atoms with van der Waals surface area (Å²) in [5.41, 5.74) is 2.14. The van der Waals surface area contributed by atoms with Crippen LogP contribution in [0.4, 0.5) is 5.69 Å². The molecule has 1 heterocycles. The predicted molar refractivity (Wildman–Crippen MR) is 104 cm³/mol. The molecular weight excluding hydrogens is 382 g/mol. The van der Waals surface area contributed by atoms with Gasteiger partial charge in [-0.15, -0.1) is 0 Å². The van der Waals surface area contributed by atoms with Crippen LogP contribution in [0.2, 0.25) is 0 Å². The average Bonchev–Trinajstić information content (AvgIpc) is 2.55. The molecule has 0 saturated heterocycles. The standard InChI is InChI=1S/C20H18BrNO3/c1-20(2)10-9-14-11-13(12-17(21)19(14)25-20)3-8-18(24)22-15-4-6-16(23)7-5-15/h3-12,23H,1-2H3,(H,22,24)/b8-3+. The number of nitrogens with one attached hydrogen (secondary N) is 1. The fraction of sp³-hybridized carbons (Fsp3) is 0.150. The maximum atomic E-state index is 12.0. The van der Waals surface area contributed by atoms with Gasteiger partial charge in [0.1, 0.15) is 17.1 Å². The first-order valence-corrected chi connectivity index (χ1v) is 8.62. The lowest BCUT2D eigenvalue weighted by molar-refractivity contribution is -0.111. The Bertz CT molecular complexity index is 867. The van der Waals surface area contributed by atoms with Crippen LogP contribution in [0.1, 0.15) is 25.0 Å². The molecule has 2 N–H and O–H groups in total. The molecule has 0 saturated carbocycles. The SMILES string of the molecule is CC1(C)C=Cc2cc(/C=C/C(=O)Nc3ccc(O)cc3)cc(Br)c2O1. The summed E-state index contributed by atoms with van der Waals surface area (Å²) in [6.45, 7) is 4.00. The molecule has 0 aliphatic carbocycles. The molecule has 0 atom stereocenters. The lowest BCUT2D eigenvalue weighted by Crippen LogP contribution is -2.27. The smallest absolute Gasteiger partial charge is 0.248 e. The number of halogens is 1. The molecule has 0 bridgehead atoms. The molecule has 3 rings (SSSR count). The van der Waals surface area contributed by atoms with E-state index in [1.807, 2.05) is 38.1 Å². The van der Waals surface area contributed by atoms with Gasteiger partial charge in [0.15, 0.2) is 0 Å². The van der Waals surface area contributed by atoms with Crippen LogP contribution in [-0.2, 0) is 4.79 Å². The second kappa shape index (κ2) is 6.76. The van der Waals surface area contributed by atoms with Crippen LogP contribution in [0, 0.1) is 0 Å². The molecule has 0 unspecified atom stereocenters. The van der Waals surface area contributed by atoms with Crippen LogP contribution in [0.3, 0.4) is 0 Å². The minimum absolute atomic E-state index is 0.158. The van der Waals surface area contributed by atoms with Crippen molar-refractivity contribution >= 4 is 39.7 Å². The highest BCUT2D eigenvalue weighted by Gasteiger charge is 2.23. The maximum absolute atomic E-state index is 12.0. The molecule has 1 aliphatic rings. The van der Waals surface area contributed by atoms with Gasteiger partial charge in [0.05, 0.1) is 4.47 Å². The molecule has 2 aromatic rings. The van der Waals surface area contributed by atoms with Crippen LogP contribution in [-0.4, -0.2) is 16.6 Å². The van der Waals surface area contributed by atoms with E-state index in [0.717, 1.165) is 21.3 Å². The number of ether oxygens (including phenoxy) is 1. The zero-order chi connectivity index (χ0) is 18.0. The zero-order valence-electron chi connectivity index (χ0n) is 13.9. The van der Waals surface area contributed by atoms with Crippen LogP contribution in [0.5, 0.6) is 11.5 Å². The Labute approximate surface area is 155 Å². The molecule has 25 heavy (non-hydrogen) atoms. The first kappa shape index (κ1) is 17.3. The first-order chi connectivity index (χ1) is 11.8. The minimum atomic E-state index is -0.336. The average molecular weight is 400 g/mol. The van der Waals surface area contributed by atoms with Crippen molar-refractivity contribution in [2.24, 2.45) is 0 Å². The van der Waals surface area contributed by atoms with E-state index in [4.69, 9.17) is 4.74 Å². The number of anilines is 1. The number of benzene rings is 2. The number of phenolic OH excluding ortho intramolecular Hbond substituents is 1. The Kier molecular flexibility index (Phi) is 4.68. The van der Waals surface area contributed by atoms with Gasteiger partial charge in [-0.2, -0.15) is 0 Å². The van der Waals surface area contributed by atoms with Gasteiger partial charge in [0.25, 0.3) is 0 Å². The van der Waals surface area contributed by atoms with E-state index in [2.05, 4.69) is 21.2 Å². The first-order valence-electron chi connectivity index (χ1n) is 7.82. The summed E-state index contributed by atoms with van der Waals surface area (Å²) < 4.78 is 6.81. The van der Waals surface area contributed by atoms with Gasteiger partial charge in [0, 0.05) is 17.3 Å². The van der Waals surface area contributed by atoms with E-state index in [-0.39, 0.29) is 17.3 Å². The van der Waals surface area contributed by atoms with Gasteiger partial charge < -0.3 is 15.2 Å². The number of carbonyl (C=O) groups excluding carboxylic acids is 1. The van der Waals surface area contributed by atoms with Crippen molar-refractivity contribution in [1.29, 1.82) is 0 Å². The van der Waals surface area contributed by atoms with Crippen LogP contribution in [0.15, 0.2) is 53.0 Å². The Morgan fingerprint density at radius 1 is 1.24 bits per heavy atom. The number of carbonyl (C=O) groups is 1. The number of fused-ring (bicyclic) bond motifs is 1. The van der Waals surface area contributed by atoms with Crippen molar-refractivity contribution in [3.05, 3.63) is 64.1 Å². The van der Waals surface area contributed by atoms with Gasteiger partial charge in [-0.1, -0.05) is 6.08 Å². The van der Waals surface area contributed by atoms with Crippen molar-refractivity contribution < 1.29 is 14.6 Å². The highest BCUT2D eigenvalue weighted by atomic mass is 79.9. The molecule has 5 heteroatoms. The molecule has 0 radical (unpaired) electrons. The van der Waals surface area contributed by atoms with Crippen molar-refractivity contribution in [3.63, 3.8) is 0 Å². The summed E-state index contributed by atoms with van der Waals surface area (Å²) in [5.74, 6) is 0.719. The highest BCUT2D eigenvalue weighted by Crippen LogP contribution is 2.38. The minimum Gasteiger partial charge on any atom is -0.508 e. The predicted octanol–water partition coefficient (Wildman–Crippen LogP) is 4.99. The lowest BCUT2D eigenvalue weighted by atomic mass is 10.0. The van der Waals surface area contributed by atoms with Gasteiger partial charge in [0.2, 0.25) is 5.91 Å². The van der Waals surface area contributed by atoms with Gasteiger partial charge >= 0.3 is 0 Å². The van der Waals surface area contributed by atoms with E-state index in [1.165, 1.54) is 18.2 Å². The third-order valence-corrected chi connectivity index (χ3v) is 4.28. The number of amides is 1. The van der Waals surface area contributed by atoms with E-state index in [0.29, 0.717) is 5.69 Å². The Morgan fingerprint density at radius 2 is 1.96 bits per heavy atom. The van der Waals surface area contributed by atoms with Gasteiger partial charge in [-0.3, -0.25) is 4.79 Å². The molecule has 0 aromatic heterocycles. The zero-order valence-corrected chi connectivity index (χ0v) is 15.5.